The molecule has 6 aromatic carbocycles. The van der Waals surface area contributed by atoms with Crippen molar-refractivity contribution in [3.63, 3.8) is 0 Å². The number of nitriles is 2. The molecule has 3 nitrogen and oxygen atoms in total. The van der Waals surface area contributed by atoms with Crippen LogP contribution in [-0.4, -0.2) is 0 Å². The van der Waals surface area contributed by atoms with E-state index < -0.39 is 0 Å². The van der Waals surface area contributed by atoms with Crippen LogP contribution >= 0.6 is 11.3 Å². The Hall–Kier alpha value is -5.68. The van der Waals surface area contributed by atoms with E-state index in [1.807, 2.05) is 59.9 Å². The highest BCUT2D eigenvalue weighted by atomic mass is 32.1. The molecule has 7 aromatic rings. The Kier molecular flexibility index (Phi) is 6.45. The molecule has 0 aliphatic rings. The normalized spacial score (nSPS) is 10.8. The fourth-order valence-corrected chi connectivity index (χ4v) is 6.47. The van der Waals surface area contributed by atoms with Gasteiger partial charge in [-0.2, -0.15) is 10.5 Å². The lowest BCUT2D eigenvalue weighted by atomic mass is 10.0. The van der Waals surface area contributed by atoms with E-state index in [1.54, 1.807) is 0 Å². The summed E-state index contributed by atoms with van der Waals surface area (Å²) in [6.45, 7) is 0. The average molecular weight is 554 g/mol. The Bertz CT molecular complexity index is 2030. The molecular weight excluding hydrogens is 531 g/mol. The molecule has 196 valence electrons. The van der Waals surface area contributed by atoms with Crippen LogP contribution in [0, 0.1) is 22.7 Å². The van der Waals surface area contributed by atoms with E-state index in [2.05, 4.69) is 108 Å². The van der Waals surface area contributed by atoms with Crippen LogP contribution in [0.25, 0.3) is 42.4 Å². The largest absolute Gasteiger partial charge is 0.310 e. The second-order valence-electron chi connectivity index (χ2n) is 10.1. The molecule has 0 N–H and O–H groups in total. The van der Waals surface area contributed by atoms with E-state index in [4.69, 9.17) is 10.5 Å². The van der Waals surface area contributed by atoms with Crippen LogP contribution in [0.15, 0.2) is 140 Å². The molecule has 42 heavy (non-hydrogen) atoms. The van der Waals surface area contributed by atoms with E-state index in [-0.39, 0.29) is 0 Å². The van der Waals surface area contributed by atoms with Gasteiger partial charge in [-0.25, -0.2) is 0 Å². The van der Waals surface area contributed by atoms with E-state index >= 15 is 0 Å². The Morgan fingerprint density at radius 2 is 0.857 bits per heavy atom. The molecule has 0 unspecified atom stereocenters. The van der Waals surface area contributed by atoms with Crippen LogP contribution in [0.1, 0.15) is 11.1 Å². The van der Waals surface area contributed by atoms with Crippen LogP contribution in [0.2, 0.25) is 0 Å². The Balaban J connectivity index is 1.31. The van der Waals surface area contributed by atoms with Crippen molar-refractivity contribution in [2.75, 3.05) is 4.90 Å². The van der Waals surface area contributed by atoms with Crippen molar-refractivity contribution < 1.29 is 0 Å². The standard InChI is InChI=1S/C38H23N3S/c39-24-26-5-9-28(10-6-26)30-13-17-32(18-14-30)41(33-19-15-31(16-20-33)29-11-7-27(25-40)8-12-29)34-21-22-38-36(23-34)35-3-1-2-4-37(35)42-38/h1-23H. The number of thiophene rings is 1. The van der Waals surface area contributed by atoms with E-state index in [0.717, 1.165) is 39.3 Å². The van der Waals surface area contributed by atoms with Gasteiger partial charge in [-0.3, -0.25) is 0 Å². The van der Waals surface area contributed by atoms with Crippen LogP contribution in [0.4, 0.5) is 17.1 Å². The molecule has 0 saturated carbocycles. The van der Waals surface area contributed by atoms with Crippen LogP contribution in [0.3, 0.4) is 0 Å². The summed E-state index contributed by atoms with van der Waals surface area (Å²) in [5.74, 6) is 0. The predicted octanol–water partition coefficient (Wildman–Crippen LogP) is 10.6. The molecule has 0 bridgehead atoms. The van der Waals surface area contributed by atoms with Gasteiger partial charge in [0.25, 0.3) is 0 Å². The first kappa shape index (κ1) is 25.3. The summed E-state index contributed by atoms with van der Waals surface area (Å²) in [6, 6.07) is 52.1. The highest BCUT2D eigenvalue weighted by molar-refractivity contribution is 7.25. The number of hydrogen-bond acceptors (Lipinski definition) is 4. The highest BCUT2D eigenvalue weighted by Gasteiger charge is 2.15. The number of benzene rings is 6. The van der Waals surface area contributed by atoms with Gasteiger partial charge in [0.1, 0.15) is 0 Å². The maximum Gasteiger partial charge on any atom is 0.0991 e. The van der Waals surface area contributed by atoms with Gasteiger partial charge < -0.3 is 4.90 Å². The van der Waals surface area contributed by atoms with Gasteiger partial charge in [-0.05, 0) is 95.1 Å². The molecular formula is C38H23N3S. The predicted molar refractivity (Wildman–Crippen MR) is 174 cm³/mol. The molecule has 0 saturated heterocycles. The molecule has 0 spiro atoms. The fraction of sp³-hybridized carbons (Fsp3) is 0. The van der Waals surface area contributed by atoms with Gasteiger partial charge in [0, 0.05) is 37.2 Å². The zero-order valence-corrected chi connectivity index (χ0v) is 23.3. The first-order valence-corrected chi connectivity index (χ1v) is 14.4. The number of rotatable bonds is 5. The van der Waals surface area contributed by atoms with Crippen molar-refractivity contribution in [1.29, 1.82) is 10.5 Å². The average Bonchev–Trinajstić information content (AvgIpc) is 3.44. The zero-order valence-electron chi connectivity index (χ0n) is 22.5. The van der Waals surface area contributed by atoms with Crippen LogP contribution in [0.5, 0.6) is 0 Å². The molecule has 0 aliphatic heterocycles. The summed E-state index contributed by atoms with van der Waals surface area (Å²) >= 11 is 1.82. The summed E-state index contributed by atoms with van der Waals surface area (Å²) < 4.78 is 2.56. The number of fused-ring (bicyclic) bond motifs is 3. The Morgan fingerprint density at radius 3 is 1.36 bits per heavy atom. The zero-order chi connectivity index (χ0) is 28.5. The van der Waals surface area contributed by atoms with Gasteiger partial charge >= 0.3 is 0 Å². The van der Waals surface area contributed by atoms with Gasteiger partial charge in [-0.1, -0.05) is 66.7 Å². The third kappa shape index (κ3) is 4.67. The fourth-order valence-electron chi connectivity index (χ4n) is 5.38. The molecule has 4 heteroatoms. The first-order chi connectivity index (χ1) is 20.7. The van der Waals surface area contributed by atoms with Gasteiger partial charge in [-0.15, -0.1) is 11.3 Å². The van der Waals surface area contributed by atoms with E-state index in [9.17, 15) is 0 Å². The second kappa shape index (κ2) is 10.7. The summed E-state index contributed by atoms with van der Waals surface area (Å²) in [5, 5.41) is 20.8. The molecule has 7 rings (SSSR count). The summed E-state index contributed by atoms with van der Waals surface area (Å²) in [6.07, 6.45) is 0. The maximum absolute atomic E-state index is 9.16. The molecule has 0 fully saturated rings. The number of anilines is 3. The molecule has 0 radical (unpaired) electrons. The number of nitrogens with zero attached hydrogens (tertiary/aromatic N) is 3. The summed E-state index contributed by atoms with van der Waals surface area (Å²) in [5.41, 5.74) is 8.84. The van der Waals surface area contributed by atoms with Crippen LogP contribution in [-0.2, 0) is 0 Å². The van der Waals surface area contributed by atoms with Crippen LogP contribution < -0.4 is 4.90 Å². The molecule has 1 heterocycles. The molecule has 1 aromatic heterocycles. The molecule has 0 aliphatic carbocycles. The monoisotopic (exact) mass is 553 g/mol. The van der Waals surface area contributed by atoms with Crippen molar-refractivity contribution in [2.24, 2.45) is 0 Å². The van der Waals surface area contributed by atoms with Gasteiger partial charge in [0.2, 0.25) is 0 Å². The van der Waals surface area contributed by atoms with Crippen molar-refractivity contribution in [2.45, 2.75) is 0 Å². The summed E-state index contributed by atoms with van der Waals surface area (Å²) in [4.78, 5) is 2.29. The Morgan fingerprint density at radius 1 is 0.429 bits per heavy atom. The first-order valence-electron chi connectivity index (χ1n) is 13.6. The molecule has 0 atom stereocenters. The maximum atomic E-state index is 9.16. The lowest BCUT2D eigenvalue weighted by Gasteiger charge is -2.26. The third-order valence-electron chi connectivity index (χ3n) is 7.56. The van der Waals surface area contributed by atoms with Crippen molar-refractivity contribution in [1.82, 2.24) is 0 Å². The van der Waals surface area contributed by atoms with Gasteiger partial charge in [0.05, 0.1) is 23.3 Å². The minimum absolute atomic E-state index is 0.655. The smallest absolute Gasteiger partial charge is 0.0991 e. The SMILES string of the molecule is N#Cc1ccc(-c2ccc(N(c3ccc(-c4ccc(C#N)cc4)cc3)c3ccc4sc5ccccc5c4c3)cc2)cc1. The van der Waals surface area contributed by atoms with Crippen molar-refractivity contribution in [3.8, 4) is 34.4 Å². The second-order valence-corrected chi connectivity index (χ2v) is 11.2. The summed E-state index contributed by atoms with van der Waals surface area (Å²) in [7, 11) is 0. The topological polar surface area (TPSA) is 50.8 Å². The quantitative estimate of drug-likeness (QED) is 0.213. The minimum Gasteiger partial charge on any atom is -0.310 e. The van der Waals surface area contributed by atoms with E-state index in [0.29, 0.717) is 11.1 Å². The van der Waals surface area contributed by atoms with E-state index in [1.165, 1.54) is 20.2 Å². The Labute approximate surface area is 248 Å². The lowest BCUT2D eigenvalue weighted by molar-refractivity contribution is 1.29. The van der Waals surface area contributed by atoms with Crippen molar-refractivity contribution >= 4 is 48.6 Å². The minimum atomic E-state index is 0.655. The van der Waals surface area contributed by atoms with Crippen molar-refractivity contribution in [3.05, 3.63) is 151 Å². The highest BCUT2D eigenvalue weighted by Crippen LogP contribution is 2.41. The lowest BCUT2D eigenvalue weighted by Crippen LogP contribution is -2.09. The number of hydrogen-bond donors (Lipinski definition) is 0. The molecule has 0 amide bonds. The van der Waals surface area contributed by atoms with Gasteiger partial charge in [0.15, 0.2) is 0 Å². The third-order valence-corrected chi connectivity index (χ3v) is 8.72.